The van der Waals surface area contributed by atoms with Crippen molar-refractivity contribution in [3.63, 3.8) is 0 Å². The van der Waals surface area contributed by atoms with Crippen molar-refractivity contribution in [1.29, 1.82) is 5.26 Å². The van der Waals surface area contributed by atoms with Gasteiger partial charge < -0.3 is 10.2 Å². The van der Waals surface area contributed by atoms with E-state index in [4.69, 9.17) is 23.2 Å². The van der Waals surface area contributed by atoms with Gasteiger partial charge in [-0.1, -0.05) is 23.2 Å². The molecule has 3 rings (SSSR count). The van der Waals surface area contributed by atoms with Crippen LogP contribution in [0.1, 0.15) is 33.3 Å². The van der Waals surface area contributed by atoms with Crippen LogP contribution in [0.25, 0.3) is 0 Å². The van der Waals surface area contributed by atoms with Gasteiger partial charge in [0.1, 0.15) is 15.4 Å². The molecule has 0 fully saturated rings. The lowest BCUT2D eigenvalue weighted by molar-refractivity contribution is -0.129. The van der Waals surface area contributed by atoms with Gasteiger partial charge in [0.05, 0.1) is 22.0 Å². The number of carbonyl (C=O) groups excluding carboxylic acids is 2. The summed E-state index contributed by atoms with van der Waals surface area (Å²) >= 11 is 14.3. The average Bonchev–Trinajstić information content (AvgIpc) is 3.05. The predicted molar refractivity (Wildman–Crippen MR) is 96.1 cm³/mol. The molecule has 124 valence electrons. The van der Waals surface area contributed by atoms with Crippen molar-refractivity contribution < 1.29 is 9.59 Å². The number of nitriles is 1. The Morgan fingerprint density at radius 2 is 2.12 bits per heavy atom. The summed E-state index contributed by atoms with van der Waals surface area (Å²) in [5.74, 6) is -0.403. The fourth-order valence-electron chi connectivity index (χ4n) is 2.54. The van der Waals surface area contributed by atoms with E-state index in [-0.39, 0.29) is 11.5 Å². The lowest BCUT2D eigenvalue weighted by Gasteiger charge is -2.25. The fourth-order valence-corrected chi connectivity index (χ4v) is 5.21. The molecule has 0 bridgehead atoms. The van der Waals surface area contributed by atoms with Crippen LogP contribution in [-0.2, 0) is 17.8 Å². The number of anilines is 1. The van der Waals surface area contributed by atoms with Crippen LogP contribution in [0.15, 0.2) is 6.07 Å². The van der Waals surface area contributed by atoms with Crippen molar-refractivity contribution in [2.45, 2.75) is 19.9 Å². The van der Waals surface area contributed by atoms with E-state index in [1.54, 1.807) is 4.90 Å². The summed E-state index contributed by atoms with van der Waals surface area (Å²) in [6.45, 7) is 2.56. The summed E-state index contributed by atoms with van der Waals surface area (Å²) in [6.07, 6.45) is 0.606. The van der Waals surface area contributed by atoms with Crippen molar-refractivity contribution in [3.05, 3.63) is 36.3 Å². The van der Waals surface area contributed by atoms with Crippen molar-refractivity contribution in [3.8, 4) is 6.07 Å². The van der Waals surface area contributed by atoms with Gasteiger partial charge in [-0.3, -0.25) is 9.59 Å². The maximum Gasteiger partial charge on any atom is 0.258 e. The Bertz CT molecular complexity index is 882. The number of halogens is 2. The molecule has 2 aromatic rings. The van der Waals surface area contributed by atoms with Crippen molar-refractivity contribution in [2.24, 2.45) is 0 Å². The van der Waals surface area contributed by atoms with Gasteiger partial charge in [-0.05, 0) is 18.1 Å². The number of carbonyl (C=O) groups is 2. The highest BCUT2D eigenvalue weighted by atomic mass is 35.5. The molecule has 0 unspecified atom stereocenters. The molecule has 24 heavy (non-hydrogen) atoms. The Labute approximate surface area is 156 Å². The largest absolute Gasteiger partial charge is 0.337 e. The van der Waals surface area contributed by atoms with Crippen LogP contribution in [0.3, 0.4) is 0 Å². The summed E-state index contributed by atoms with van der Waals surface area (Å²) < 4.78 is 0.730. The molecule has 0 atom stereocenters. The highest BCUT2D eigenvalue weighted by Crippen LogP contribution is 2.38. The molecular weight excluding hydrogens is 389 g/mol. The minimum Gasteiger partial charge on any atom is -0.337 e. The Morgan fingerprint density at radius 1 is 1.38 bits per heavy atom. The number of fused-ring (bicyclic) bond motifs is 1. The third-order valence-electron chi connectivity index (χ3n) is 3.74. The van der Waals surface area contributed by atoms with Crippen molar-refractivity contribution >= 4 is 62.7 Å². The van der Waals surface area contributed by atoms with Crippen LogP contribution in [0.4, 0.5) is 5.00 Å². The first-order chi connectivity index (χ1) is 11.4. The predicted octanol–water partition coefficient (Wildman–Crippen LogP) is 4.14. The number of nitrogens with one attached hydrogen (secondary N) is 1. The molecule has 2 amide bonds. The molecule has 5 nitrogen and oxygen atoms in total. The third kappa shape index (κ3) is 3.15. The van der Waals surface area contributed by atoms with Crippen LogP contribution >= 0.6 is 45.9 Å². The van der Waals surface area contributed by atoms with E-state index >= 15 is 0 Å². The maximum atomic E-state index is 12.4. The number of amides is 2. The van der Waals surface area contributed by atoms with Gasteiger partial charge in [-0.15, -0.1) is 22.7 Å². The molecular formula is C15H11Cl2N3O2S2. The van der Waals surface area contributed by atoms with E-state index in [0.717, 1.165) is 21.8 Å². The zero-order chi connectivity index (χ0) is 17.4. The van der Waals surface area contributed by atoms with Gasteiger partial charge in [0.2, 0.25) is 5.91 Å². The summed E-state index contributed by atoms with van der Waals surface area (Å²) in [5.41, 5.74) is 1.65. The zero-order valence-electron chi connectivity index (χ0n) is 12.5. The summed E-state index contributed by atoms with van der Waals surface area (Å²) in [7, 11) is 0. The molecule has 1 aliphatic rings. The van der Waals surface area contributed by atoms with Crippen LogP contribution in [0, 0.1) is 11.3 Å². The summed E-state index contributed by atoms with van der Waals surface area (Å²) in [6, 6.07) is 3.66. The maximum absolute atomic E-state index is 12.4. The normalized spacial score (nSPS) is 13.3. The van der Waals surface area contributed by atoms with Gasteiger partial charge in [-0.2, -0.15) is 5.26 Å². The molecule has 1 N–H and O–H groups in total. The molecule has 1 aliphatic heterocycles. The average molecular weight is 400 g/mol. The molecule has 0 spiro atoms. The smallest absolute Gasteiger partial charge is 0.258 e. The van der Waals surface area contributed by atoms with Crippen molar-refractivity contribution in [1.82, 2.24) is 4.90 Å². The monoisotopic (exact) mass is 399 g/mol. The fraction of sp³-hybridized carbons (Fsp3) is 0.267. The van der Waals surface area contributed by atoms with Gasteiger partial charge in [0.15, 0.2) is 0 Å². The van der Waals surface area contributed by atoms with E-state index in [9.17, 15) is 14.9 Å². The van der Waals surface area contributed by atoms with E-state index in [2.05, 4.69) is 11.4 Å². The Balaban J connectivity index is 1.90. The number of nitrogens with zero attached hydrogens (tertiary/aromatic N) is 2. The molecule has 2 aromatic heterocycles. The van der Waals surface area contributed by atoms with Crippen LogP contribution in [0.2, 0.25) is 8.67 Å². The molecule has 3 heterocycles. The van der Waals surface area contributed by atoms with E-state index in [1.165, 1.54) is 24.3 Å². The second-order valence-electron chi connectivity index (χ2n) is 5.20. The minimum absolute atomic E-state index is 0.00200. The van der Waals surface area contributed by atoms with Crippen LogP contribution in [-0.4, -0.2) is 23.3 Å². The molecule has 0 saturated heterocycles. The Hall–Kier alpha value is -1.59. The van der Waals surface area contributed by atoms with E-state index in [0.29, 0.717) is 38.7 Å². The van der Waals surface area contributed by atoms with Crippen molar-refractivity contribution in [2.75, 3.05) is 11.9 Å². The van der Waals surface area contributed by atoms with Crippen LogP contribution < -0.4 is 5.32 Å². The highest BCUT2D eigenvalue weighted by molar-refractivity contribution is 7.20. The lowest BCUT2D eigenvalue weighted by atomic mass is 10.0. The SMILES string of the molecule is CC(=O)N1CCc2c(sc(NC(=O)c3cc(Cl)sc3Cl)c2C#N)C1. The van der Waals surface area contributed by atoms with Gasteiger partial charge >= 0.3 is 0 Å². The summed E-state index contributed by atoms with van der Waals surface area (Å²) in [5, 5.41) is 12.7. The number of hydrogen-bond acceptors (Lipinski definition) is 5. The molecule has 0 saturated carbocycles. The quantitative estimate of drug-likeness (QED) is 0.823. The topological polar surface area (TPSA) is 73.2 Å². The van der Waals surface area contributed by atoms with E-state index < -0.39 is 5.91 Å². The third-order valence-corrected chi connectivity index (χ3v) is 6.36. The van der Waals surface area contributed by atoms with E-state index in [1.807, 2.05) is 0 Å². The molecule has 0 aromatic carbocycles. The lowest BCUT2D eigenvalue weighted by Crippen LogP contribution is -2.33. The second-order valence-corrected chi connectivity index (χ2v) is 8.59. The Kier molecular flexibility index (Phi) is 4.83. The highest BCUT2D eigenvalue weighted by Gasteiger charge is 2.27. The second kappa shape index (κ2) is 6.73. The van der Waals surface area contributed by atoms with Gasteiger partial charge in [0, 0.05) is 18.3 Å². The first-order valence-electron chi connectivity index (χ1n) is 6.97. The molecule has 0 aliphatic carbocycles. The Morgan fingerprint density at radius 3 is 2.71 bits per heavy atom. The zero-order valence-corrected chi connectivity index (χ0v) is 15.6. The van der Waals surface area contributed by atoms with Crippen LogP contribution in [0.5, 0.6) is 0 Å². The first kappa shape index (κ1) is 17.2. The first-order valence-corrected chi connectivity index (χ1v) is 9.36. The number of thiophene rings is 2. The number of rotatable bonds is 2. The molecule has 9 heteroatoms. The summed E-state index contributed by atoms with van der Waals surface area (Å²) in [4.78, 5) is 26.6. The van der Waals surface area contributed by atoms with Gasteiger partial charge in [-0.25, -0.2) is 0 Å². The van der Waals surface area contributed by atoms with Gasteiger partial charge in [0.25, 0.3) is 5.91 Å². The standard InChI is InChI=1S/C15H11Cl2N3O2S2/c1-7(21)20-3-2-8-10(5-18)15(23-11(8)6-20)19-14(22)9-4-12(16)24-13(9)17/h4H,2-3,6H2,1H3,(H,19,22). The molecule has 0 radical (unpaired) electrons. The minimum atomic E-state index is -0.401. The number of hydrogen-bond donors (Lipinski definition) is 1.